The van der Waals surface area contributed by atoms with Gasteiger partial charge in [0.15, 0.2) is 0 Å². The van der Waals surface area contributed by atoms with E-state index in [1.165, 1.54) is 0 Å². The molecule has 0 spiro atoms. The maximum absolute atomic E-state index is 12.3. The normalized spacial score (nSPS) is 14.1. The fourth-order valence-electron chi connectivity index (χ4n) is 2.66. The van der Waals surface area contributed by atoms with Crippen LogP contribution >= 0.6 is 0 Å². The highest BCUT2D eigenvalue weighted by molar-refractivity contribution is 5.83. The van der Waals surface area contributed by atoms with Crippen molar-refractivity contribution in [1.82, 2.24) is 5.32 Å². The van der Waals surface area contributed by atoms with Gasteiger partial charge in [0.2, 0.25) is 5.91 Å². The van der Waals surface area contributed by atoms with Gasteiger partial charge in [-0.3, -0.25) is 4.79 Å². The monoisotopic (exact) mass is 276 g/mol. The Bertz CT molecular complexity index is 387. The van der Waals surface area contributed by atoms with Crippen LogP contribution in [0.4, 0.5) is 0 Å². The summed E-state index contributed by atoms with van der Waals surface area (Å²) in [5, 5.41) is 3.02. The number of nitrogens with one attached hydrogen (secondary N) is 1. The Kier molecular flexibility index (Phi) is 7.31. The average Bonchev–Trinajstić information content (AvgIpc) is 2.48. The van der Waals surface area contributed by atoms with Crippen LogP contribution in [0.3, 0.4) is 0 Å². The van der Waals surface area contributed by atoms with Crippen molar-refractivity contribution < 1.29 is 4.79 Å². The molecular weight excluding hydrogens is 248 g/mol. The van der Waals surface area contributed by atoms with Crippen LogP contribution in [0.5, 0.6) is 0 Å². The molecule has 0 saturated carbocycles. The van der Waals surface area contributed by atoms with E-state index in [1.54, 1.807) is 0 Å². The summed E-state index contributed by atoms with van der Waals surface area (Å²) in [6, 6.07) is 9.98. The zero-order chi connectivity index (χ0) is 15.0. The molecule has 1 aromatic carbocycles. The summed E-state index contributed by atoms with van der Waals surface area (Å²) in [7, 11) is 0. The Morgan fingerprint density at radius 1 is 1.10 bits per heavy atom. The summed E-state index contributed by atoms with van der Waals surface area (Å²) < 4.78 is 0. The van der Waals surface area contributed by atoms with Crippen molar-refractivity contribution in [2.24, 2.45) is 11.7 Å². The molecule has 2 atom stereocenters. The number of nitrogens with two attached hydrogens (primary N) is 1. The van der Waals surface area contributed by atoms with Crippen molar-refractivity contribution in [2.45, 2.75) is 52.0 Å². The number of rotatable bonds is 8. The molecule has 0 aliphatic heterocycles. The second-order valence-corrected chi connectivity index (χ2v) is 5.36. The summed E-state index contributed by atoms with van der Waals surface area (Å²) in [5.74, 6) is 0.484. The highest BCUT2D eigenvalue weighted by Gasteiger charge is 2.20. The van der Waals surface area contributed by atoms with E-state index >= 15 is 0 Å². The Morgan fingerprint density at radius 3 is 2.20 bits per heavy atom. The predicted octanol–water partition coefficient (Wildman–Crippen LogP) is 3.06. The average molecular weight is 276 g/mol. The molecule has 0 fully saturated rings. The molecule has 0 aliphatic carbocycles. The number of carbonyl (C=O) groups is 1. The van der Waals surface area contributed by atoms with Crippen molar-refractivity contribution in [3.05, 3.63) is 35.9 Å². The maximum Gasteiger partial charge on any atom is 0.227 e. The molecular formula is C17H28N2O. The van der Waals surface area contributed by atoms with E-state index in [2.05, 4.69) is 19.2 Å². The van der Waals surface area contributed by atoms with Gasteiger partial charge >= 0.3 is 0 Å². The van der Waals surface area contributed by atoms with Crippen molar-refractivity contribution in [1.29, 1.82) is 0 Å². The fourth-order valence-corrected chi connectivity index (χ4v) is 2.66. The summed E-state index contributed by atoms with van der Waals surface area (Å²) >= 11 is 0. The molecule has 112 valence electrons. The van der Waals surface area contributed by atoms with E-state index in [1.807, 2.05) is 37.3 Å². The summed E-state index contributed by atoms with van der Waals surface area (Å²) in [5.41, 5.74) is 7.23. The van der Waals surface area contributed by atoms with E-state index in [0.717, 1.165) is 24.8 Å². The van der Waals surface area contributed by atoms with Crippen LogP contribution in [0.25, 0.3) is 0 Å². The minimum Gasteiger partial charge on any atom is -0.354 e. The first-order valence-corrected chi connectivity index (χ1v) is 7.72. The number of hydrogen-bond donors (Lipinski definition) is 2. The molecule has 1 rings (SSSR count). The minimum absolute atomic E-state index is 0.0437. The van der Waals surface area contributed by atoms with Gasteiger partial charge in [-0.1, -0.05) is 63.9 Å². The van der Waals surface area contributed by atoms with E-state index in [0.29, 0.717) is 12.5 Å². The molecule has 0 bridgehead atoms. The topological polar surface area (TPSA) is 55.1 Å². The lowest BCUT2D eigenvalue weighted by Gasteiger charge is -2.23. The predicted molar refractivity (Wildman–Crippen MR) is 84.5 cm³/mol. The van der Waals surface area contributed by atoms with Crippen LogP contribution in [0, 0.1) is 5.92 Å². The number of benzene rings is 1. The third-order valence-electron chi connectivity index (χ3n) is 4.09. The van der Waals surface area contributed by atoms with Crippen molar-refractivity contribution in [3.63, 3.8) is 0 Å². The lowest BCUT2D eigenvalue weighted by molar-refractivity contribution is -0.122. The van der Waals surface area contributed by atoms with Crippen molar-refractivity contribution in [3.8, 4) is 0 Å². The molecule has 0 saturated heterocycles. The molecule has 0 aliphatic rings. The molecule has 3 heteroatoms. The van der Waals surface area contributed by atoms with Crippen LogP contribution in [-0.4, -0.2) is 18.5 Å². The molecule has 0 heterocycles. The van der Waals surface area contributed by atoms with Crippen LogP contribution in [0.1, 0.15) is 51.5 Å². The lowest BCUT2D eigenvalue weighted by atomic mass is 9.93. The second kappa shape index (κ2) is 8.75. The third-order valence-corrected chi connectivity index (χ3v) is 4.09. The second-order valence-electron chi connectivity index (χ2n) is 5.36. The van der Waals surface area contributed by atoms with E-state index in [9.17, 15) is 4.79 Å². The van der Waals surface area contributed by atoms with Crippen LogP contribution in [-0.2, 0) is 4.79 Å². The first-order valence-electron chi connectivity index (χ1n) is 7.72. The SMILES string of the molecule is CCC(C(=O)NCC(N)C(CC)CC)c1ccccc1. The van der Waals surface area contributed by atoms with Crippen molar-refractivity contribution in [2.75, 3.05) is 6.54 Å². The van der Waals surface area contributed by atoms with Crippen LogP contribution < -0.4 is 11.1 Å². The molecule has 20 heavy (non-hydrogen) atoms. The molecule has 3 nitrogen and oxygen atoms in total. The zero-order valence-corrected chi connectivity index (χ0v) is 12.9. The van der Waals surface area contributed by atoms with Gasteiger partial charge in [-0.25, -0.2) is 0 Å². The van der Waals surface area contributed by atoms with Crippen LogP contribution in [0.2, 0.25) is 0 Å². The Balaban J connectivity index is 2.57. The van der Waals surface area contributed by atoms with Gasteiger partial charge in [0.05, 0.1) is 5.92 Å². The highest BCUT2D eigenvalue weighted by atomic mass is 16.1. The smallest absolute Gasteiger partial charge is 0.227 e. The Hall–Kier alpha value is -1.35. The molecule has 0 radical (unpaired) electrons. The number of amides is 1. The van der Waals surface area contributed by atoms with E-state index in [4.69, 9.17) is 5.73 Å². The summed E-state index contributed by atoms with van der Waals surface area (Å²) in [6.45, 7) is 6.90. The molecule has 2 unspecified atom stereocenters. The first kappa shape index (κ1) is 16.7. The van der Waals surface area contributed by atoms with Gasteiger partial charge in [-0.05, 0) is 17.9 Å². The standard InChI is InChI=1S/C17H28N2O/c1-4-13(5-2)16(18)12-19-17(20)15(6-3)14-10-8-7-9-11-14/h7-11,13,15-16H,4-6,12,18H2,1-3H3,(H,19,20). The third kappa shape index (κ3) is 4.64. The van der Waals surface area contributed by atoms with E-state index < -0.39 is 0 Å². The zero-order valence-electron chi connectivity index (χ0n) is 12.9. The highest BCUT2D eigenvalue weighted by Crippen LogP contribution is 2.19. The Morgan fingerprint density at radius 2 is 1.70 bits per heavy atom. The minimum atomic E-state index is -0.0786. The number of carbonyl (C=O) groups excluding carboxylic acids is 1. The van der Waals surface area contributed by atoms with Crippen molar-refractivity contribution >= 4 is 5.91 Å². The molecule has 3 N–H and O–H groups in total. The van der Waals surface area contributed by atoms with Gasteiger partial charge < -0.3 is 11.1 Å². The van der Waals surface area contributed by atoms with Gasteiger partial charge in [-0.15, -0.1) is 0 Å². The lowest BCUT2D eigenvalue weighted by Crippen LogP contribution is -2.43. The van der Waals surface area contributed by atoms with Gasteiger partial charge in [-0.2, -0.15) is 0 Å². The largest absolute Gasteiger partial charge is 0.354 e. The quantitative estimate of drug-likeness (QED) is 0.766. The first-order chi connectivity index (χ1) is 9.63. The van der Waals surface area contributed by atoms with Gasteiger partial charge in [0, 0.05) is 12.6 Å². The molecule has 1 aromatic rings. The van der Waals surface area contributed by atoms with Gasteiger partial charge in [0.1, 0.15) is 0 Å². The van der Waals surface area contributed by atoms with E-state index in [-0.39, 0.29) is 17.9 Å². The van der Waals surface area contributed by atoms with Crippen LogP contribution in [0.15, 0.2) is 30.3 Å². The van der Waals surface area contributed by atoms with Gasteiger partial charge in [0.25, 0.3) is 0 Å². The summed E-state index contributed by atoms with van der Waals surface area (Å²) in [6.07, 6.45) is 2.92. The Labute approximate surface area is 122 Å². The molecule has 0 aromatic heterocycles. The fraction of sp³-hybridized carbons (Fsp3) is 0.588. The molecule has 1 amide bonds. The number of hydrogen-bond acceptors (Lipinski definition) is 2. The summed E-state index contributed by atoms with van der Waals surface area (Å²) in [4.78, 5) is 12.3. The maximum atomic E-state index is 12.3.